The van der Waals surface area contributed by atoms with Crippen molar-refractivity contribution in [2.24, 2.45) is 0 Å². The number of ether oxygens (including phenoxy) is 1. The average molecular weight is 274 g/mol. The molecule has 2 rings (SSSR count). The molecule has 0 radical (unpaired) electrons. The van der Waals surface area contributed by atoms with Crippen LogP contribution in [0.4, 0.5) is 0 Å². The van der Waals surface area contributed by atoms with Crippen LogP contribution in [0.1, 0.15) is 41.5 Å². The third-order valence-corrected chi connectivity index (χ3v) is 3.08. The van der Waals surface area contributed by atoms with Gasteiger partial charge in [-0.25, -0.2) is 4.79 Å². The Morgan fingerprint density at radius 3 is 2.75 bits per heavy atom. The van der Waals surface area contributed by atoms with Crippen LogP contribution in [-0.2, 0) is 6.61 Å². The molecule has 0 atom stereocenters. The van der Waals surface area contributed by atoms with Gasteiger partial charge >= 0.3 is 5.97 Å². The van der Waals surface area contributed by atoms with Gasteiger partial charge in [0.1, 0.15) is 12.4 Å². The van der Waals surface area contributed by atoms with Crippen LogP contribution >= 0.6 is 0 Å². The summed E-state index contributed by atoms with van der Waals surface area (Å²) < 4.78 is 7.53. The van der Waals surface area contributed by atoms with Crippen LogP contribution in [0, 0.1) is 6.92 Å². The van der Waals surface area contributed by atoms with E-state index in [-0.39, 0.29) is 5.56 Å². The lowest BCUT2D eigenvalue weighted by molar-refractivity contribution is 0.0695. The number of carbonyl (C=O) groups is 1. The van der Waals surface area contributed by atoms with E-state index < -0.39 is 5.97 Å². The summed E-state index contributed by atoms with van der Waals surface area (Å²) in [5.41, 5.74) is 1.71. The molecule has 20 heavy (non-hydrogen) atoms. The molecule has 0 fully saturated rings. The lowest BCUT2D eigenvalue weighted by atomic mass is 10.1. The molecule has 5 nitrogen and oxygen atoms in total. The largest absolute Gasteiger partial charge is 0.487 e. The van der Waals surface area contributed by atoms with Crippen molar-refractivity contribution in [1.29, 1.82) is 0 Å². The van der Waals surface area contributed by atoms with E-state index >= 15 is 0 Å². The van der Waals surface area contributed by atoms with E-state index in [1.54, 1.807) is 25.1 Å². The number of rotatable bonds is 5. The summed E-state index contributed by atoms with van der Waals surface area (Å²) in [5, 5.41) is 13.5. The first-order valence-corrected chi connectivity index (χ1v) is 6.48. The molecule has 0 amide bonds. The van der Waals surface area contributed by atoms with Gasteiger partial charge in [0.15, 0.2) is 0 Å². The number of benzene rings is 1. The standard InChI is InChI=1S/C15H18N2O3/c1-10(2)17-8-7-12(16-17)9-20-14-6-4-5-13(11(14)3)15(18)19/h4-8,10H,9H2,1-3H3,(H,18,19). The van der Waals surface area contributed by atoms with Gasteiger partial charge in [-0.2, -0.15) is 5.10 Å². The lowest BCUT2D eigenvalue weighted by Crippen LogP contribution is -2.05. The van der Waals surface area contributed by atoms with Crippen LogP contribution < -0.4 is 4.74 Å². The quantitative estimate of drug-likeness (QED) is 0.910. The summed E-state index contributed by atoms with van der Waals surface area (Å²) in [7, 11) is 0. The van der Waals surface area contributed by atoms with Crippen LogP contribution in [0.3, 0.4) is 0 Å². The number of hydrogen-bond acceptors (Lipinski definition) is 3. The first-order valence-electron chi connectivity index (χ1n) is 6.48. The van der Waals surface area contributed by atoms with Crippen LogP contribution in [0.15, 0.2) is 30.5 Å². The van der Waals surface area contributed by atoms with Gasteiger partial charge in [-0.3, -0.25) is 4.68 Å². The molecule has 0 aliphatic heterocycles. The topological polar surface area (TPSA) is 64.4 Å². The molecule has 0 aliphatic carbocycles. The Morgan fingerprint density at radius 1 is 1.40 bits per heavy atom. The smallest absolute Gasteiger partial charge is 0.336 e. The van der Waals surface area contributed by atoms with Crippen molar-refractivity contribution in [3.8, 4) is 5.75 Å². The monoisotopic (exact) mass is 274 g/mol. The second-order valence-corrected chi connectivity index (χ2v) is 4.90. The van der Waals surface area contributed by atoms with Crippen molar-refractivity contribution >= 4 is 5.97 Å². The summed E-state index contributed by atoms with van der Waals surface area (Å²) in [4.78, 5) is 11.1. The van der Waals surface area contributed by atoms with Gasteiger partial charge in [0.05, 0.1) is 11.3 Å². The van der Waals surface area contributed by atoms with E-state index in [1.165, 1.54) is 0 Å². The summed E-state index contributed by atoms with van der Waals surface area (Å²) in [6.07, 6.45) is 1.91. The predicted octanol–water partition coefficient (Wildman–Crippen LogP) is 3.05. The molecule has 0 spiro atoms. The van der Waals surface area contributed by atoms with Crippen LogP contribution in [0.2, 0.25) is 0 Å². The number of hydrogen-bond donors (Lipinski definition) is 1. The van der Waals surface area contributed by atoms with E-state index in [1.807, 2.05) is 16.9 Å². The molecular formula is C15H18N2O3. The maximum atomic E-state index is 11.1. The molecule has 0 saturated heterocycles. The minimum absolute atomic E-state index is 0.259. The summed E-state index contributed by atoms with van der Waals surface area (Å²) >= 11 is 0. The molecule has 0 bridgehead atoms. The zero-order chi connectivity index (χ0) is 14.7. The number of carboxylic acid groups (broad SMARTS) is 1. The fourth-order valence-corrected chi connectivity index (χ4v) is 1.90. The number of nitrogens with zero attached hydrogens (tertiary/aromatic N) is 2. The Balaban J connectivity index is 2.10. The predicted molar refractivity (Wildman–Crippen MR) is 75.1 cm³/mol. The summed E-state index contributed by atoms with van der Waals surface area (Å²) in [6.45, 7) is 6.17. The first kappa shape index (κ1) is 14.1. The minimum atomic E-state index is -0.947. The highest BCUT2D eigenvalue weighted by Crippen LogP contribution is 2.22. The highest BCUT2D eigenvalue weighted by atomic mass is 16.5. The lowest BCUT2D eigenvalue weighted by Gasteiger charge is -2.10. The number of aromatic nitrogens is 2. The molecule has 0 unspecified atom stereocenters. The van der Waals surface area contributed by atoms with Gasteiger partial charge in [0, 0.05) is 17.8 Å². The average Bonchev–Trinajstić information content (AvgIpc) is 2.86. The zero-order valence-corrected chi connectivity index (χ0v) is 11.8. The highest BCUT2D eigenvalue weighted by molar-refractivity contribution is 5.90. The molecule has 1 aromatic carbocycles. The Kier molecular flexibility index (Phi) is 4.08. The van der Waals surface area contributed by atoms with Gasteiger partial charge in [0.25, 0.3) is 0 Å². The highest BCUT2D eigenvalue weighted by Gasteiger charge is 2.11. The molecule has 1 heterocycles. The molecule has 5 heteroatoms. The normalized spacial score (nSPS) is 10.8. The fourth-order valence-electron chi connectivity index (χ4n) is 1.90. The van der Waals surface area contributed by atoms with Gasteiger partial charge < -0.3 is 9.84 Å². The maximum Gasteiger partial charge on any atom is 0.336 e. The van der Waals surface area contributed by atoms with E-state index in [0.29, 0.717) is 24.0 Å². The van der Waals surface area contributed by atoms with Crippen molar-refractivity contribution in [1.82, 2.24) is 9.78 Å². The van der Waals surface area contributed by atoms with Crippen molar-refractivity contribution < 1.29 is 14.6 Å². The van der Waals surface area contributed by atoms with Crippen LogP contribution in [0.25, 0.3) is 0 Å². The Labute approximate surface area is 117 Å². The SMILES string of the molecule is Cc1c(OCc2ccn(C(C)C)n2)cccc1C(=O)O. The van der Waals surface area contributed by atoms with E-state index in [2.05, 4.69) is 18.9 Å². The van der Waals surface area contributed by atoms with E-state index in [9.17, 15) is 4.79 Å². The molecule has 106 valence electrons. The molecular weight excluding hydrogens is 256 g/mol. The van der Waals surface area contributed by atoms with Crippen LogP contribution in [0.5, 0.6) is 5.75 Å². The summed E-state index contributed by atoms with van der Waals surface area (Å²) in [6, 6.07) is 7.22. The molecule has 0 aliphatic rings. The third kappa shape index (κ3) is 2.99. The first-order chi connectivity index (χ1) is 9.49. The van der Waals surface area contributed by atoms with Crippen molar-refractivity contribution in [3.63, 3.8) is 0 Å². The van der Waals surface area contributed by atoms with E-state index in [0.717, 1.165) is 5.69 Å². The van der Waals surface area contributed by atoms with Crippen molar-refractivity contribution in [2.75, 3.05) is 0 Å². The van der Waals surface area contributed by atoms with Gasteiger partial charge in [-0.1, -0.05) is 6.07 Å². The van der Waals surface area contributed by atoms with E-state index in [4.69, 9.17) is 9.84 Å². The van der Waals surface area contributed by atoms with Crippen molar-refractivity contribution in [2.45, 2.75) is 33.4 Å². The number of carboxylic acids is 1. The Morgan fingerprint density at radius 2 is 2.15 bits per heavy atom. The van der Waals surface area contributed by atoms with Gasteiger partial charge in [0.2, 0.25) is 0 Å². The Bertz CT molecular complexity index is 617. The fraction of sp³-hybridized carbons (Fsp3) is 0.333. The minimum Gasteiger partial charge on any atom is -0.487 e. The van der Waals surface area contributed by atoms with Crippen LogP contribution in [-0.4, -0.2) is 20.9 Å². The molecule has 1 N–H and O–H groups in total. The van der Waals surface area contributed by atoms with Crippen molar-refractivity contribution in [3.05, 3.63) is 47.3 Å². The second-order valence-electron chi connectivity index (χ2n) is 4.90. The zero-order valence-electron chi connectivity index (χ0n) is 11.8. The van der Waals surface area contributed by atoms with Gasteiger partial charge in [-0.05, 0) is 39.0 Å². The maximum absolute atomic E-state index is 11.1. The molecule has 2 aromatic rings. The third-order valence-electron chi connectivity index (χ3n) is 3.08. The molecule has 1 aromatic heterocycles. The summed E-state index contributed by atoms with van der Waals surface area (Å²) in [5.74, 6) is -0.374. The second kappa shape index (κ2) is 5.77. The Hall–Kier alpha value is -2.30. The number of aromatic carboxylic acids is 1. The molecule has 0 saturated carbocycles. The van der Waals surface area contributed by atoms with Gasteiger partial charge in [-0.15, -0.1) is 0 Å².